The highest BCUT2D eigenvalue weighted by Gasteiger charge is 2.16. The Morgan fingerprint density at radius 3 is 2.44 bits per heavy atom. The van der Waals surface area contributed by atoms with Gasteiger partial charge in [-0.05, 0) is 73.2 Å². The van der Waals surface area contributed by atoms with Crippen LogP contribution in [0.4, 0.5) is 0 Å². The van der Waals surface area contributed by atoms with Gasteiger partial charge in [0.25, 0.3) is 0 Å². The largest absolute Gasteiger partial charge is 0.262 e. The molecule has 0 aliphatic carbocycles. The number of rotatable bonds is 5. The van der Waals surface area contributed by atoms with E-state index in [1.807, 2.05) is 25.3 Å². The van der Waals surface area contributed by atoms with E-state index >= 15 is 0 Å². The van der Waals surface area contributed by atoms with Crippen molar-refractivity contribution in [3.63, 3.8) is 0 Å². The average Bonchev–Trinajstić information content (AvgIpc) is 2.64. The van der Waals surface area contributed by atoms with Crippen LogP contribution in [0.25, 0.3) is 0 Å². The fourth-order valence-electron chi connectivity index (χ4n) is 3.36. The summed E-state index contributed by atoms with van der Waals surface area (Å²) in [6.45, 7) is 4.23. The van der Waals surface area contributed by atoms with Crippen molar-refractivity contribution >= 4 is 0 Å². The van der Waals surface area contributed by atoms with Crippen molar-refractivity contribution in [2.45, 2.75) is 32.6 Å². The summed E-state index contributed by atoms with van der Waals surface area (Å²) < 4.78 is 0. The first-order valence-electron chi connectivity index (χ1n) is 8.71. The van der Waals surface area contributed by atoms with Gasteiger partial charge in [0, 0.05) is 23.4 Å². The van der Waals surface area contributed by atoms with Crippen molar-refractivity contribution in [1.29, 1.82) is 0 Å². The predicted molar refractivity (Wildman–Crippen MR) is 105 cm³/mol. The van der Waals surface area contributed by atoms with Crippen LogP contribution < -0.4 is 0 Å². The molecule has 3 aromatic rings. The Hall–Kier alpha value is -2.85. The van der Waals surface area contributed by atoms with Gasteiger partial charge in [0.2, 0.25) is 0 Å². The van der Waals surface area contributed by atoms with E-state index in [4.69, 9.17) is 6.42 Å². The Bertz CT molecular complexity index is 884. The van der Waals surface area contributed by atoms with Gasteiger partial charge in [-0.3, -0.25) is 4.98 Å². The molecular formula is C24H23N. The van der Waals surface area contributed by atoms with Crippen LogP contribution in [-0.2, 0) is 6.42 Å². The zero-order valence-electron chi connectivity index (χ0n) is 14.9. The molecule has 0 spiro atoms. The molecule has 0 fully saturated rings. The SMILES string of the molecule is C#Cc1ccc(C(CCc2ccnc(C)c2)c2ccccc2C)cc1. The van der Waals surface area contributed by atoms with Gasteiger partial charge in [0.1, 0.15) is 0 Å². The van der Waals surface area contributed by atoms with E-state index in [9.17, 15) is 0 Å². The Morgan fingerprint density at radius 2 is 1.76 bits per heavy atom. The number of benzene rings is 2. The van der Waals surface area contributed by atoms with Gasteiger partial charge in [0.05, 0.1) is 0 Å². The number of terminal acetylenes is 1. The molecule has 25 heavy (non-hydrogen) atoms. The second kappa shape index (κ2) is 7.81. The lowest BCUT2D eigenvalue weighted by Crippen LogP contribution is -2.05. The monoisotopic (exact) mass is 325 g/mol. The smallest absolute Gasteiger partial charge is 0.0375 e. The minimum atomic E-state index is 0.362. The molecule has 0 saturated carbocycles. The van der Waals surface area contributed by atoms with E-state index in [2.05, 4.69) is 66.4 Å². The first kappa shape index (κ1) is 17.0. The first-order valence-corrected chi connectivity index (χ1v) is 8.71. The minimum Gasteiger partial charge on any atom is -0.262 e. The lowest BCUT2D eigenvalue weighted by atomic mass is 9.84. The van der Waals surface area contributed by atoms with Crippen molar-refractivity contribution in [3.05, 3.63) is 100 Å². The summed E-state index contributed by atoms with van der Waals surface area (Å²) in [6.07, 6.45) is 9.49. The molecule has 0 aliphatic heterocycles. The molecule has 0 bridgehead atoms. The molecule has 0 radical (unpaired) electrons. The molecule has 1 heteroatoms. The van der Waals surface area contributed by atoms with Crippen LogP contribution in [0.5, 0.6) is 0 Å². The van der Waals surface area contributed by atoms with Gasteiger partial charge < -0.3 is 0 Å². The summed E-state index contributed by atoms with van der Waals surface area (Å²) in [6, 6.07) is 21.4. The highest BCUT2D eigenvalue weighted by atomic mass is 14.6. The van der Waals surface area contributed by atoms with Gasteiger partial charge in [-0.1, -0.05) is 42.3 Å². The lowest BCUT2D eigenvalue weighted by molar-refractivity contribution is 0.710. The van der Waals surface area contributed by atoms with Crippen LogP contribution in [0.2, 0.25) is 0 Å². The molecule has 2 aromatic carbocycles. The molecule has 0 N–H and O–H groups in total. The maximum absolute atomic E-state index is 5.50. The summed E-state index contributed by atoms with van der Waals surface area (Å²) in [7, 11) is 0. The fourth-order valence-corrected chi connectivity index (χ4v) is 3.36. The van der Waals surface area contributed by atoms with E-state index in [1.165, 1.54) is 22.3 Å². The Kier molecular flexibility index (Phi) is 5.31. The Labute approximate surface area is 150 Å². The lowest BCUT2D eigenvalue weighted by Gasteiger charge is -2.20. The summed E-state index contributed by atoms with van der Waals surface area (Å²) in [4.78, 5) is 4.30. The summed E-state index contributed by atoms with van der Waals surface area (Å²) in [5.74, 6) is 3.06. The molecule has 1 aromatic heterocycles. The molecular weight excluding hydrogens is 302 g/mol. The topological polar surface area (TPSA) is 12.9 Å². The Morgan fingerprint density at radius 1 is 1.00 bits per heavy atom. The highest BCUT2D eigenvalue weighted by molar-refractivity contribution is 5.41. The zero-order chi connectivity index (χ0) is 17.6. The third-order valence-electron chi connectivity index (χ3n) is 4.73. The number of pyridine rings is 1. The van der Waals surface area contributed by atoms with Gasteiger partial charge in [-0.25, -0.2) is 0 Å². The Balaban J connectivity index is 1.91. The summed E-state index contributed by atoms with van der Waals surface area (Å²) in [5.41, 5.74) is 7.38. The summed E-state index contributed by atoms with van der Waals surface area (Å²) >= 11 is 0. The molecule has 0 saturated heterocycles. The van der Waals surface area contributed by atoms with Crippen molar-refractivity contribution in [2.75, 3.05) is 0 Å². The van der Waals surface area contributed by atoms with Gasteiger partial charge in [0.15, 0.2) is 0 Å². The van der Waals surface area contributed by atoms with Crippen LogP contribution in [0, 0.1) is 26.2 Å². The van der Waals surface area contributed by atoms with Gasteiger partial charge >= 0.3 is 0 Å². The molecule has 124 valence electrons. The molecule has 1 atom stereocenters. The number of aryl methyl sites for hydroxylation is 3. The van der Waals surface area contributed by atoms with Crippen molar-refractivity contribution in [3.8, 4) is 12.3 Å². The standard InChI is InChI=1S/C24H23N/c1-4-20-9-12-22(13-10-20)24(23-8-6-5-7-18(23)2)14-11-21-15-16-25-19(3)17-21/h1,5-10,12-13,15-17,24H,11,14H2,2-3H3. The van der Waals surface area contributed by atoms with E-state index in [-0.39, 0.29) is 0 Å². The molecule has 1 unspecified atom stereocenters. The maximum Gasteiger partial charge on any atom is 0.0375 e. The minimum absolute atomic E-state index is 0.362. The van der Waals surface area contributed by atoms with Gasteiger partial charge in [-0.2, -0.15) is 0 Å². The fraction of sp³-hybridized carbons (Fsp3) is 0.208. The molecule has 0 amide bonds. The number of hydrogen-bond donors (Lipinski definition) is 0. The molecule has 1 heterocycles. The number of aromatic nitrogens is 1. The quantitative estimate of drug-likeness (QED) is 0.569. The van der Waals surface area contributed by atoms with Gasteiger partial charge in [-0.15, -0.1) is 6.42 Å². The maximum atomic E-state index is 5.50. The third-order valence-corrected chi connectivity index (χ3v) is 4.73. The average molecular weight is 325 g/mol. The molecule has 3 rings (SSSR count). The van der Waals surface area contributed by atoms with E-state index < -0.39 is 0 Å². The molecule has 1 nitrogen and oxygen atoms in total. The van der Waals surface area contributed by atoms with Crippen LogP contribution in [0.3, 0.4) is 0 Å². The second-order valence-electron chi connectivity index (χ2n) is 6.52. The van der Waals surface area contributed by atoms with E-state index in [0.717, 1.165) is 24.1 Å². The zero-order valence-corrected chi connectivity index (χ0v) is 14.9. The van der Waals surface area contributed by atoms with Crippen molar-refractivity contribution < 1.29 is 0 Å². The van der Waals surface area contributed by atoms with Crippen LogP contribution in [0.15, 0.2) is 66.9 Å². The molecule has 0 aliphatic rings. The van der Waals surface area contributed by atoms with Crippen molar-refractivity contribution in [1.82, 2.24) is 4.98 Å². The van der Waals surface area contributed by atoms with Crippen LogP contribution in [-0.4, -0.2) is 4.98 Å². The van der Waals surface area contributed by atoms with Crippen LogP contribution in [0.1, 0.15) is 45.8 Å². The first-order chi connectivity index (χ1) is 12.2. The second-order valence-corrected chi connectivity index (χ2v) is 6.52. The van der Waals surface area contributed by atoms with Crippen molar-refractivity contribution in [2.24, 2.45) is 0 Å². The van der Waals surface area contributed by atoms with E-state index in [1.54, 1.807) is 0 Å². The van der Waals surface area contributed by atoms with E-state index in [0.29, 0.717) is 5.92 Å². The van der Waals surface area contributed by atoms with Crippen LogP contribution >= 0.6 is 0 Å². The number of hydrogen-bond acceptors (Lipinski definition) is 1. The highest BCUT2D eigenvalue weighted by Crippen LogP contribution is 2.31. The third kappa shape index (κ3) is 4.17. The predicted octanol–water partition coefficient (Wildman–Crippen LogP) is 5.44. The summed E-state index contributed by atoms with van der Waals surface area (Å²) in [5, 5.41) is 0. The normalized spacial score (nSPS) is 11.7. The number of nitrogens with zero attached hydrogens (tertiary/aromatic N) is 1.